The van der Waals surface area contributed by atoms with Gasteiger partial charge >= 0.3 is 0 Å². The molecule has 1 saturated carbocycles. The maximum absolute atomic E-state index is 12.3. The number of hydrogen-bond donors (Lipinski definition) is 1. The molecule has 6 nitrogen and oxygen atoms in total. The molecule has 130 valence electrons. The average Bonchev–Trinajstić information content (AvgIpc) is 2.80. The lowest BCUT2D eigenvalue weighted by Crippen LogP contribution is -2.44. The van der Waals surface area contributed by atoms with Crippen LogP contribution in [-0.2, 0) is 10.0 Å². The Kier molecular flexibility index (Phi) is 4.73. The molecule has 0 saturated heterocycles. The van der Waals surface area contributed by atoms with Crippen LogP contribution in [0.2, 0.25) is 0 Å². The molecule has 1 heterocycles. The Morgan fingerprint density at radius 3 is 2.25 bits per heavy atom. The van der Waals surface area contributed by atoms with E-state index in [-0.39, 0.29) is 18.3 Å². The lowest BCUT2D eigenvalue weighted by Gasteiger charge is -2.29. The molecule has 7 heteroatoms. The molecule has 0 radical (unpaired) electrons. The molecule has 2 aliphatic rings. The Balaban J connectivity index is 1.63. The lowest BCUT2D eigenvalue weighted by molar-refractivity contribution is 0.0664. The minimum Gasteiger partial charge on any atom is -0.273 e. The second kappa shape index (κ2) is 6.64. The second-order valence-corrected chi connectivity index (χ2v) is 8.49. The van der Waals surface area contributed by atoms with Crippen LogP contribution in [-0.4, -0.2) is 43.5 Å². The highest BCUT2D eigenvalue weighted by molar-refractivity contribution is 7.89. The minimum absolute atomic E-state index is 0.0501. The highest BCUT2D eigenvalue weighted by Crippen LogP contribution is 2.25. The van der Waals surface area contributed by atoms with Gasteiger partial charge in [0.1, 0.15) is 0 Å². The zero-order valence-corrected chi connectivity index (χ0v) is 14.5. The van der Waals surface area contributed by atoms with E-state index >= 15 is 0 Å². The van der Waals surface area contributed by atoms with E-state index in [0.717, 1.165) is 30.6 Å². The van der Waals surface area contributed by atoms with Crippen LogP contribution in [0.1, 0.15) is 53.3 Å². The molecule has 2 amide bonds. The Labute approximate surface area is 142 Å². The van der Waals surface area contributed by atoms with Crippen LogP contribution < -0.4 is 4.72 Å². The standard InChI is InChI=1S/C17H22N2O4S/c1-12-6-2-5-9-15(12)18-24(22,23)11-10-19-16(20)13-7-3-4-8-14(13)17(19)21/h3-4,7-8,12,15,18H,2,5-6,9-11H2,1H3. The maximum atomic E-state index is 12.3. The first kappa shape index (κ1) is 17.1. The molecule has 1 aromatic rings. The fourth-order valence-electron chi connectivity index (χ4n) is 3.43. The molecular formula is C17H22N2O4S. The summed E-state index contributed by atoms with van der Waals surface area (Å²) in [7, 11) is -3.53. The summed E-state index contributed by atoms with van der Waals surface area (Å²) in [6.45, 7) is 1.93. The van der Waals surface area contributed by atoms with Crippen molar-refractivity contribution in [2.45, 2.75) is 38.6 Å². The third-order valence-corrected chi connectivity index (χ3v) is 6.29. The van der Waals surface area contributed by atoms with Crippen molar-refractivity contribution in [2.75, 3.05) is 12.3 Å². The van der Waals surface area contributed by atoms with Crippen LogP contribution >= 0.6 is 0 Å². The number of carbonyl (C=O) groups is 2. The van der Waals surface area contributed by atoms with Gasteiger partial charge in [0, 0.05) is 12.6 Å². The van der Waals surface area contributed by atoms with Crippen molar-refractivity contribution in [2.24, 2.45) is 5.92 Å². The number of fused-ring (bicyclic) bond motifs is 1. The van der Waals surface area contributed by atoms with Gasteiger partial charge in [0.05, 0.1) is 16.9 Å². The quantitative estimate of drug-likeness (QED) is 0.821. The van der Waals surface area contributed by atoms with Crippen molar-refractivity contribution in [3.8, 4) is 0 Å². The number of carbonyl (C=O) groups excluding carboxylic acids is 2. The van der Waals surface area contributed by atoms with E-state index in [0.29, 0.717) is 17.0 Å². The normalized spacial score (nSPS) is 24.3. The van der Waals surface area contributed by atoms with Gasteiger partial charge in [-0.05, 0) is 30.9 Å². The monoisotopic (exact) mass is 350 g/mol. The van der Waals surface area contributed by atoms with E-state index in [9.17, 15) is 18.0 Å². The molecule has 0 bridgehead atoms. The molecule has 24 heavy (non-hydrogen) atoms. The van der Waals surface area contributed by atoms with Crippen LogP contribution in [0.4, 0.5) is 0 Å². The topological polar surface area (TPSA) is 83.6 Å². The van der Waals surface area contributed by atoms with Crippen LogP contribution in [0.5, 0.6) is 0 Å². The second-order valence-electron chi connectivity index (χ2n) is 6.61. The molecule has 0 spiro atoms. The summed E-state index contributed by atoms with van der Waals surface area (Å²) in [5, 5.41) is 0. The average molecular weight is 350 g/mol. The number of nitrogens with one attached hydrogen (secondary N) is 1. The first-order valence-corrected chi connectivity index (χ1v) is 9.99. The van der Waals surface area contributed by atoms with Crippen molar-refractivity contribution < 1.29 is 18.0 Å². The van der Waals surface area contributed by atoms with Gasteiger partial charge in [-0.25, -0.2) is 13.1 Å². The first-order valence-electron chi connectivity index (χ1n) is 8.34. The molecule has 1 aromatic carbocycles. The predicted molar refractivity (Wildman–Crippen MR) is 90.2 cm³/mol. The summed E-state index contributed by atoms with van der Waals surface area (Å²) < 4.78 is 27.4. The van der Waals surface area contributed by atoms with Gasteiger partial charge in [-0.1, -0.05) is 31.9 Å². The summed E-state index contributed by atoms with van der Waals surface area (Å²) in [6, 6.07) is 6.51. The molecular weight excluding hydrogens is 328 g/mol. The van der Waals surface area contributed by atoms with E-state index in [1.165, 1.54) is 0 Å². The van der Waals surface area contributed by atoms with E-state index in [1.54, 1.807) is 24.3 Å². The highest BCUT2D eigenvalue weighted by Gasteiger charge is 2.36. The summed E-state index contributed by atoms with van der Waals surface area (Å²) in [6.07, 6.45) is 4.02. The molecule has 2 atom stereocenters. The van der Waals surface area contributed by atoms with Crippen molar-refractivity contribution >= 4 is 21.8 Å². The molecule has 1 N–H and O–H groups in total. The third kappa shape index (κ3) is 3.37. The van der Waals surface area contributed by atoms with E-state index < -0.39 is 21.8 Å². The van der Waals surface area contributed by atoms with Gasteiger partial charge in [-0.2, -0.15) is 0 Å². The van der Waals surface area contributed by atoms with Crippen molar-refractivity contribution in [1.82, 2.24) is 9.62 Å². The van der Waals surface area contributed by atoms with Crippen LogP contribution in [0, 0.1) is 5.92 Å². The summed E-state index contributed by atoms with van der Waals surface area (Å²) in [4.78, 5) is 25.5. The van der Waals surface area contributed by atoms with E-state index in [1.807, 2.05) is 0 Å². The molecule has 1 aliphatic carbocycles. The summed E-state index contributed by atoms with van der Waals surface area (Å²) >= 11 is 0. The molecule has 3 rings (SSSR count). The largest absolute Gasteiger partial charge is 0.273 e. The Hall–Kier alpha value is -1.73. The minimum atomic E-state index is -3.53. The molecule has 1 aliphatic heterocycles. The summed E-state index contributed by atoms with van der Waals surface area (Å²) in [5.41, 5.74) is 0.683. The first-order chi connectivity index (χ1) is 11.4. The molecule has 2 unspecified atom stereocenters. The lowest BCUT2D eigenvalue weighted by atomic mass is 9.87. The number of rotatable bonds is 5. The van der Waals surface area contributed by atoms with Crippen molar-refractivity contribution in [3.63, 3.8) is 0 Å². The molecule has 0 aromatic heterocycles. The van der Waals surface area contributed by atoms with Gasteiger partial charge < -0.3 is 0 Å². The van der Waals surface area contributed by atoms with Gasteiger partial charge in [0.2, 0.25) is 10.0 Å². The van der Waals surface area contributed by atoms with Crippen LogP contribution in [0.15, 0.2) is 24.3 Å². The number of imide groups is 1. The highest BCUT2D eigenvalue weighted by atomic mass is 32.2. The van der Waals surface area contributed by atoms with Crippen molar-refractivity contribution in [3.05, 3.63) is 35.4 Å². The van der Waals surface area contributed by atoms with E-state index in [4.69, 9.17) is 0 Å². The predicted octanol–water partition coefficient (Wildman–Crippen LogP) is 1.78. The zero-order chi connectivity index (χ0) is 17.3. The summed E-state index contributed by atoms with van der Waals surface area (Å²) in [5.74, 6) is -0.789. The Bertz CT molecular complexity index is 725. The van der Waals surface area contributed by atoms with Crippen LogP contribution in [0.25, 0.3) is 0 Å². The van der Waals surface area contributed by atoms with Gasteiger partial charge in [-0.3, -0.25) is 14.5 Å². The maximum Gasteiger partial charge on any atom is 0.261 e. The fourth-order valence-corrected chi connectivity index (χ4v) is 4.79. The van der Waals surface area contributed by atoms with Gasteiger partial charge in [0.15, 0.2) is 0 Å². The van der Waals surface area contributed by atoms with Gasteiger partial charge in [-0.15, -0.1) is 0 Å². The molecule has 1 fully saturated rings. The number of nitrogens with zero attached hydrogens (tertiary/aromatic N) is 1. The van der Waals surface area contributed by atoms with Gasteiger partial charge in [0.25, 0.3) is 11.8 Å². The SMILES string of the molecule is CC1CCCCC1NS(=O)(=O)CCN1C(=O)c2ccccc2C1=O. The number of benzene rings is 1. The number of sulfonamides is 1. The van der Waals surface area contributed by atoms with Crippen LogP contribution in [0.3, 0.4) is 0 Å². The van der Waals surface area contributed by atoms with Crippen molar-refractivity contribution in [1.29, 1.82) is 0 Å². The van der Waals surface area contributed by atoms with E-state index in [2.05, 4.69) is 11.6 Å². The number of amides is 2. The fraction of sp³-hybridized carbons (Fsp3) is 0.529. The Morgan fingerprint density at radius 1 is 1.08 bits per heavy atom. The smallest absolute Gasteiger partial charge is 0.261 e. The third-order valence-electron chi connectivity index (χ3n) is 4.90. The zero-order valence-electron chi connectivity index (χ0n) is 13.7. The Morgan fingerprint density at radius 2 is 1.67 bits per heavy atom. The number of hydrogen-bond acceptors (Lipinski definition) is 4.